The van der Waals surface area contributed by atoms with Crippen LogP contribution < -0.4 is 0 Å². The summed E-state index contributed by atoms with van der Waals surface area (Å²) in [5.74, 6) is 0.196. The molecule has 4 fully saturated rings. The van der Waals surface area contributed by atoms with E-state index in [0.29, 0.717) is 22.8 Å². The highest BCUT2D eigenvalue weighted by molar-refractivity contribution is 5.91. The first-order chi connectivity index (χ1) is 14.9. The number of esters is 2. The molecule has 0 spiro atoms. The van der Waals surface area contributed by atoms with Gasteiger partial charge in [0.1, 0.15) is 6.10 Å². The van der Waals surface area contributed by atoms with E-state index in [0.717, 1.165) is 19.3 Å². The molecule has 0 bridgehead atoms. The highest BCUT2D eigenvalue weighted by Gasteiger charge is 2.71. The second-order valence-electron chi connectivity index (χ2n) is 12.9. The molecule has 178 valence electrons. The predicted octanol–water partition coefficient (Wildman–Crippen LogP) is 5.01. The molecule has 1 saturated heterocycles. The Bertz CT molecular complexity index is 875. The first kappa shape index (κ1) is 22.4. The quantitative estimate of drug-likeness (QED) is 0.575. The topological polar surface area (TPSA) is 72.8 Å². The second kappa shape index (κ2) is 6.84. The van der Waals surface area contributed by atoms with Crippen molar-refractivity contribution in [2.24, 2.45) is 45.3 Å². The second-order valence-corrected chi connectivity index (χ2v) is 12.9. The van der Waals surface area contributed by atoms with Gasteiger partial charge in [-0.1, -0.05) is 47.1 Å². The normalized spacial score (nSPS) is 51.3. The van der Waals surface area contributed by atoms with Gasteiger partial charge in [0.05, 0.1) is 5.92 Å². The summed E-state index contributed by atoms with van der Waals surface area (Å²) in [5, 5.41) is 10.8. The minimum atomic E-state index is -1.17. The van der Waals surface area contributed by atoms with E-state index in [1.807, 2.05) is 6.08 Å². The van der Waals surface area contributed by atoms with Crippen molar-refractivity contribution >= 4 is 11.9 Å². The minimum Gasteiger partial charge on any atom is -0.462 e. The van der Waals surface area contributed by atoms with Crippen LogP contribution >= 0.6 is 0 Å². The van der Waals surface area contributed by atoms with Crippen LogP contribution in [0.2, 0.25) is 0 Å². The Morgan fingerprint density at radius 1 is 1.06 bits per heavy atom. The fraction of sp³-hybridized carbons (Fsp3) is 0.852. The largest absolute Gasteiger partial charge is 0.462 e. The Morgan fingerprint density at radius 2 is 1.75 bits per heavy atom. The lowest BCUT2D eigenvalue weighted by atomic mass is 9.34. The van der Waals surface area contributed by atoms with E-state index in [1.165, 1.54) is 32.6 Å². The van der Waals surface area contributed by atoms with Crippen LogP contribution in [-0.2, 0) is 19.1 Å². The Kier molecular flexibility index (Phi) is 4.79. The molecule has 1 aliphatic heterocycles. The molecule has 5 heteroatoms. The molecular weight excluding hydrogens is 404 g/mol. The van der Waals surface area contributed by atoms with Gasteiger partial charge in [-0.25, -0.2) is 4.79 Å². The van der Waals surface area contributed by atoms with Gasteiger partial charge in [0, 0.05) is 17.9 Å². The zero-order valence-corrected chi connectivity index (χ0v) is 20.6. The summed E-state index contributed by atoms with van der Waals surface area (Å²) < 4.78 is 11.4. The maximum atomic E-state index is 12.5. The summed E-state index contributed by atoms with van der Waals surface area (Å²) in [7, 11) is 0. The number of allylic oxidation sites excluding steroid dienone is 1. The number of ether oxygens (including phenoxy) is 2. The lowest BCUT2D eigenvalue weighted by Gasteiger charge is -2.70. The third-order valence-electron chi connectivity index (χ3n) is 11.2. The van der Waals surface area contributed by atoms with E-state index in [1.54, 1.807) is 0 Å². The van der Waals surface area contributed by atoms with Gasteiger partial charge in [0.15, 0.2) is 0 Å². The Morgan fingerprint density at radius 3 is 2.44 bits per heavy atom. The number of carbonyl (C=O) groups excluding carboxylic acids is 2. The first-order valence-electron chi connectivity index (χ1n) is 12.6. The number of aliphatic hydroxyl groups excluding tert-OH is 1. The zero-order chi connectivity index (χ0) is 23.3. The van der Waals surface area contributed by atoms with Crippen molar-refractivity contribution in [2.45, 2.75) is 98.9 Å². The van der Waals surface area contributed by atoms with Crippen LogP contribution in [0, 0.1) is 45.3 Å². The molecular formula is C27H40O5. The van der Waals surface area contributed by atoms with Gasteiger partial charge >= 0.3 is 11.9 Å². The van der Waals surface area contributed by atoms with Crippen LogP contribution in [0.25, 0.3) is 0 Å². The Hall–Kier alpha value is -1.36. The van der Waals surface area contributed by atoms with Gasteiger partial charge in [-0.05, 0) is 72.5 Å². The molecule has 9 atom stereocenters. The fourth-order valence-electron chi connectivity index (χ4n) is 9.98. The predicted molar refractivity (Wildman–Crippen MR) is 120 cm³/mol. The van der Waals surface area contributed by atoms with Crippen LogP contribution in [0.5, 0.6) is 0 Å². The molecule has 0 aromatic carbocycles. The molecule has 5 aliphatic rings. The van der Waals surface area contributed by atoms with Gasteiger partial charge < -0.3 is 14.6 Å². The SMILES string of the molecule is CC(=O)O[C@@H]1C[C@@H]2[C@@]3(C)CCCC(C)(C)[C@@H]3CC[C@@]2(C)[C@@H]2CC=C3C(=O)O[C@@H](O)[C@H]3[C@@]12C. The van der Waals surface area contributed by atoms with E-state index in [4.69, 9.17) is 9.47 Å². The molecule has 3 saturated carbocycles. The Labute approximate surface area is 192 Å². The van der Waals surface area contributed by atoms with Crippen molar-refractivity contribution in [3.05, 3.63) is 11.6 Å². The maximum Gasteiger partial charge on any atom is 0.336 e. The van der Waals surface area contributed by atoms with Crippen LogP contribution in [0.15, 0.2) is 11.6 Å². The van der Waals surface area contributed by atoms with Crippen molar-refractivity contribution in [3.8, 4) is 0 Å². The van der Waals surface area contributed by atoms with Crippen molar-refractivity contribution in [1.82, 2.24) is 0 Å². The van der Waals surface area contributed by atoms with Gasteiger partial charge in [-0.15, -0.1) is 0 Å². The van der Waals surface area contributed by atoms with E-state index in [9.17, 15) is 14.7 Å². The van der Waals surface area contributed by atoms with Gasteiger partial charge in [-0.3, -0.25) is 4.79 Å². The monoisotopic (exact) mass is 444 g/mol. The molecule has 1 heterocycles. The van der Waals surface area contributed by atoms with Crippen molar-refractivity contribution in [3.63, 3.8) is 0 Å². The van der Waals surface area contributed by atoms with Gasteiger partial charge in [-0.2, -0.15) is 0 Å². The van der Waals surface area contributed by atoms with Gasteiger partial charge in [0.2, 0.25) is 6.29 Å². The van der Waals surface area contributed by atoms with Crippen molar-refractivity contribution < 1.29 is 24.2 Å². The summed E-state index contributed by atoms with van der Waals surface area (Å²) in [4.78, 5) is 24.8. The summed E-state index contributed by atoms with van der Waals surface area (Å²) in [6.45, 7) is 13.5. The lowest BCUT2D eigenvalue weighted by Crippen LogP contribution is -2.67. The third-order valence-corrected chi connectivity index (χ3v) is 11.2. The lowest BCUT2D eigenvalue weighted by molar-refractivity contribution is -0.252. The van der Waals surface area contributed by atoms with Crippen LogP contribution in [0.1, 0.15) is 86.5 Å². The van der Waals surface area contributed by atoms with Crippen LogP contribution in [0.3, 0.4) is 0 Å². The molecule has 1 N–H and O–H groups in total. The molecule has 0 aromatic heterocycles. The first-order valence-corrected chi connectivity index (χ1v) is 12.6. The molecule has 32 heavy (non-hydrogen) atoms. The zero-order valence-electron chi connectivity index (χ0n) is 20.6. The highest BCUT2D eigenvalue weighted by atomic mass is 16.6. The highest BCUT2D eigenvalue weighted by Crippen LogP contribution is 2.73. The number of cyclic esters (lactones) is 1. The maximum absolute atomic E-state index is 12.5. The molecule has 0 unspecified atom stereocenters. The molecule has 0 radical (unpaired) electrons. The van der Waals surface area contributed by atoms with E-state index >= 15 is 0 Å². The summed E-state index contributed by atoms with van der Waals surface area (Å²) in [5.41, 5.74) is 0.651. The molecule has 0 amide bonds. The average Bonchev–Trinajstić information content (AvgIpc) is 2.97. The van der Waals surface area contributed by atoms with Crippen molar-refractivity contribution in [2.75, 3.05) is 0 Å². The number of hydrogen-bond acceptors (Lipinski definition) is 5. The number of hydrogen-bond donors (Lipinski definition) is 1. The molecule has 0 aromatic rings. The van der Waals surface area contributed by atoms with E-state index < -0.39 is 23.6 Å². The summed E-state index contributed by atoms with van der Waals surface area (Å²) >= 11 is 0. The van der Waals surface area contributed by atoms with E-state index in [-0.39, 0.29) is 28.8 Å². The van der Waals surface area contributed by atoms with Crippen LogP contribution in [-0.4, -0.2) is 29.4 Å². The number of fused-ring (bicyclic) bond motifs is 7. The standard InChI is InChI=1S/C27H40O5/c1-15(28)31-20-14-19-25(4)12-7-11-24(2,3)17(25)10-13-26(19,5)18-9-8-16-21(27(18,20)6)23(30)32-22(16)29/h8,17-21,23,30H,7,9-14H2,1-6H3/t17-,18-,19+,20+,21-,23+,25-,26-,27+/m0/s1. The molecule has 4 aliphatic carbocycles. The van der Waals surface area contributed by atoms with Gasteiger partial charge in [0.25, 0.3) is 0 Å². The minimum absolute atomic E-state index is 0.0669. The fourth-order valence-corrected chi connectivity index (χ4v) is 9.98. The number of carbonyl (C=O) groups is 2. The average molecular weight is 445 g/mol. The number of rotatable bonds is 1. The smallest absolute Gasteiger partial charge is 0.336 e. The third kappa shape index (κ3) is 2.72. The van der Waals surface area contributed by atoms with E-state index in [2.05, 4.69) is 34.6 Å². The molecule has 5 rings (SSSR count). The number of aliphatic hydroxyl groups is 1. The summed E-state index contributed by atoms with van der Waals surface area (Å²) in [6.07, 6.45) is 8.23. The van der Waals surface area contributed by atoms with Crippen LogP contribution in [0.4, 0.5) is 0 Å². The summed E-state index contributed by atoms with van der Waals surface area (Å²) in [6, 6.07) is 0. The Balaban J connectivity index is 1.64. The van der Waals surface area contributed by atoms with Crippen molar-refractivity contribution in [1.29, 1.82) is 0 Å². The molecule has 5 nitrogen and oxygen atoms in total.